The van der Waals surface area contributed by atoms with Gasteiger partial charge in [-0.3, -0.25) is 9.48 Å². The summed E-state index contributed by atoms with van der Waals surface area (Å²) < 4.78 is 42.6. The number of amides is 1. The lowest BCUT2D eigenvalue weighted by molar-refractivity contribution is -0.274. The van der Waals surface area contributed by atoms with E-state index in [0.29, 0.717) is 42.7 Å². The van der Waals surface area contributed by atoms with Gasteiger partial charge in [-0.05, 0) is 43.5 Å². The molecule has 2 heterocycles. The van der Waals surface area contributed by atoms with Gasteiger partial charge in [0.25, 0.3) is 5.91 Å². The highest BCUT2D eigenvalue weighted by Gasteiger charge is 2.32. The molecule has 0 bridgehead atoms. The predicted molar refractivity (Wildman–Crippen MR) is 81.0 cm³/mol. The van der Waals surface area contributed by atoms with Gasteiger partial charge in [0.2, 0.25) is 0 Å². The first-order valence-electron chi connectivity index (χ1n) is 7.60. The number of ether oxygens (including phenoxy) is 1. The molecular weight excluding hydrogens is 323 g/mol. The molecule has 3 rings (SSSR count). The van der Waals surface area contributed by atoms with Gasteiger partial charge in [0.05, 0.1) is 11.8 Å². The van der Waals surface area contributed by atoms with Crippen molar-refractivity contribution in [2.75, 3.05) is 11.4 Å². The van der Waals surface area contributed by atoms with Crippen molar-refractivity contribution in [3.05, 3.63) is 41.7 Å². The Labute approximate surface area is 136 Å². The smallest absolute Gasteiger partial charge is 0.406 e. The van der Waals surface area contributed by atoms with E-state index in [4.69, 9.17) is 0 Å². The second-order valence-electron chi connectivity index (χ2n) is 5.48. The molecule has 2 aromatic rings. The molecule has 8 heteroatoms. The van der Waals surface area contributed by atoms with E-state index >= 15 is 0 Å². The lowest BCUT2D eigenvalue weighted by Gasteiger charge is -2.29. The van der Waals surface area contributed by atoms with Crippen LogP contribution in [-0.2, 0) is 13.0 Å². The predicted octanol–water partition coefficient (Wildman–Crippen LogP) is 3.39. The molecule has 1 aliphatic heterocycles. The van der Waals surface area contributed by atoms with Crippen molar-refractivity contribution in [3.8, 4) is 5.75 Å². The Bertz CT molecular complexity index is 755. The monoisotopic (exact) mass is 339 g/mol. The van der Waals surface area contributed by atoms with Gasteiger partial charge in [-0.25, -0.2) is 0 Å². The zero-order valence-electron chi connectivity index (χ0n) is 13.0. The maximum Gasteiger partial charge on any atom is 0.573 e. The first-order chi connectivity index (χ1) is 11.4. The molecule has 0 aliphatic carbocycles. The zero-order chi connectivity index (χ0) is 17.3. The van der Waals surface area contributed by atoms with E-state index in [1.54, 1.807) is 15.8 Å². The van der Waals surface area contributed by atoms with Crippen molar-refractivity contribution in [3.63, 3.8) is 0 Å². The maximum atomic E-state index is 12.7. The van der Waals surface area contributed by atoms with E-state index in [-0.39, 0.29) is 11.7 Å². The van der Waals surface area contributed by atoms with Crippen LogP contribution in [0.3, 0.4) is 0 Å². The molecule has 0 spiro atoms. The summed E-state index contributed by atoms with van der Waals surface area (Å²) in [5, 5.41) is 4.09. The van der Waals surface area contributed by atoms with E-state index < -0.39 is 6.36 Å². The molecule has 0 unspecified atom stereocenters. The largest absolute Gasteiger partial charge is 0.573 e. The fraction of sp³-hybridized carbons (Fsp3) is 0.375. The highest BCUT2D eigenvalue weighted by molar-refractivity contribution is 6.06. The van der Waals surface area contributed by atoms with Crippen LogP contribution < -0.4 is 9.64 Å². The summed E-state index contributed by atoms with van der Waals surface area (Å²) >= 11 is 0. The SMILES string of the molecule is CCn1cc(C(=O)N2CCCc3cc(OC(F)(F)F)ccc32)cn1. The van der Waals surface area contributed by atoms with E-state index in [1.807, 2.05) is 6.92 Å². The van der Waals surface area contributed by atoms with Crippen LogP contribution in [0, 0.1) is 0 Å². The summed E-state index contributed by atoms with van der Waals surface area (Å²) in [5.41, 5.74) is 1.74. The molecule has 0 N–H and O–H groups in total. The molecule has 0 atom stereocenters. The molecule has 1 aliphatic rings. The van der Waals surface area contributed by atoms with Crippen LogP contribution >= 0.6 is 0 Å². The van der Waals surface area contributed by atoms with Gasteiger partial charge in [-0.2, -0.15) is 5.10 Å². The number of rotatable bonds is 3. The number of benzene rings is 1. The summed E-state index contributed by atoms with van der Waals surface area (Å²) in [4.78, 5) is 14.2. The van der Waals surface area contributed by atoms with E-state index in [0.717, 1.165) is 0 Å². The fourth-order valence-electron chi connectivity index (χ4n) is 2.78. The lowest BCUT2D eigenvalue weighted by Crippen LogP contribution is -2.35. The molecule has 5 nitrogen and oxygen atoms in total. The van der Waals surface area contributed by atoms with Crippen LogP contribution in [0.4, 0.5) is 18.9 Å². The fourth-order valence-corrected chi connectivity index (χ4v) is 2.78. The third-order valence-corrected chi connectivity index (χ3v) is 3.85. The Kier molecular flexibility index (Phi) is 4.21. The maximum absolute atomic E-state index is 12.7. The van der Waals surface area contributed by atoms with Crippen molar-refractivity contribution < 1.29 is 22.7 Å². The molecule has 0 radical (unpaired) electrons. The third-order valence-electron chi connectivity index (χ3n) is 3.85. The van der Waals surface area contributed by atoms with Crippen LogP contribution in [0.1, 0.15) is 29.3 Å². The van der Waals surface area contributed by atoms with Gasteiger partial charge in [-0.1, -0.05) is 0 Å². The molecule has 0 fully saturated rings. The Morgan fingerprint density at radius 2 is 2.17 bits per heavy atom. The number of alkyl halides is 3. The van der Waals surface area contributed by atoms with Crippen molar-refractivity contribution in [2.24, 2.45) is 0 Å². The van der Waals surface area contributed by atoms with Crippen molar-refractivity contribution in [2.45, 2.75) is 32.7 Å². The molecule has 0 saturated heterocycles. The number of carbonyl (C=O) groups is 1. The number of fused-ring (bicyclic) bond motifs is 1. The van der Waals surface area contributed by atoms with Gasteiger partial charge < -0.3 is 9.64 Å². The zero-order valence-corrected chi connectivity index (χ0v) is 13.0. The Hall–Kier alpha value is -2.51. The number of hydrogen-bond acceptors (Lipinski definition) is 3. The second kappa shape index (κ2) is 6.18. The number of anilines is 1. The average molecular weight is 339 g/mol. The first-order valence-corrected chi connectivity index (χ1v) is 7.60. The molecule has 1 aromatic heterocycles. The normalized spacial score (nSPS) is 14.4. The highest BCUT2D eigenvalue weighted by Crippen LogP contribution is 2.33. The Morgan fingerprint density at radius 3 is 2.83 bits per heavy atom. The Balaban J connectivity index is 1.87. The van der Waals surface area contributed by atoms with Gasteiger partial charge in [-0.15, -0.1) is 13.2 Å². The van der Waals surface area contributed by atoms with Crippen LogP contribution in [0.15, 0.2) is 30.6 Å². The number of hydrogen-bond donors (Lipinski definition) is 0. The van der Waals surface area contributed by atoms with Crippen LogP contribution in [0.25, 0.3) is 0 Å². The Morgan fingerprint density at radius 1 is 1.38 bits per heavy atom. The van der Waals surface area contributed by atoms with E-state index in [9.17, 15) is 18.0 Å². The summed E-state index contributed by atoms with van der Waals surface area (Å²) in [7, 11) is 0. The summed E-state index contributed by atoms with van der Waals surface area (Å²) in [6.45, 7) is 3.09. The molecular formula is C16H16F3N3O2. The van der Waals surface area contributed by atoms with Gasteiger partial charge in [0.1, 0.15) is 5.75 Å². The number of aryl methyl sites for hydroxylation is 2. The number of carbonyl (C=O) groups excluding carboxylic acids is 1. The molecule has 0 saturated carbocycles. The summed E-state index contributed by atoms with van der Waals surface area (Å²) in [5.74, 6) is -0.477. The number of aromatic nitrogens is 2. The lowest BCUT2D eigenvalue weighted by atomic mass is 10.0. The van der Waals surface area contributed by atoms with Crippen LogP contribution in [0.5, 0.6) is 5.75 Å². The number of nitrogens with zero attached hydrogens (tertiary/aromatic N) is 3. The summed E-state index contributed by atoms with van der Waals surface area (Å²) in [6, 6.07) is 4.07. The van der Waals surface area contributed by atoms with Crippen LogP contribution in [-0.4, -0.2) is 28.6 Å². The van der Waals surface area contributed by atoms with Gasteiger partial charge in [0.15, 0.2) is 0 Å². The van der Waals surface area contributed by atoms with Gasteiger partial charge >= 0.3 is 6.36 Å². The molecule has 128 valence electrons. The van der Waals surface area contributed by atoms with Crippen molar-refractivity contribution >= 4 is 11.6 Å². The van der Waals surface area contributed by atoms with Crippen molar-refractivity contribution in [1.29, 1.82) is 0 Å². The van der Waals surface area contributed by atoms with E-state index in [2.05, 4.69) is 9.84 Å². The van der Waals surface area contributed by atoms with Crippen molar-refractivity contribution in [1.82, 2.24) is 9.78 Å². The van der Waals surface area contributed by atoms with Gasteiger partial charge in [0, 0.05) is 25.0 Å². The minimum Gasteiger partial charge on any atom is -0.406 e. The number of halogens is 3. The third kappa shape index (κ3) is 3.37. The second-order valence-corrected chi connectivity index (χ2v) is 5.48. The summed E-state index contributed by atoms with van der Waals surface area (Å²) in [6.07, 6.45) is -0.287. The quantitative estimate of drug-likeness (QED) is 0.861. The topological polar surface area (TPSA) is 47.4 Å². The van der Waals surface area contributed by atoms with E-state index in [1.165, 1.54) is 24.4 Å². The standard InChI is InChI=1S/C16H16F3N3O2/c1-2-21-10-12(9-20-21)15(23)22-7-3-4-11-8-13(5-6-14(11)22)24-16(17,18)19/h5-6,8-10H,2-4,7H2,1H3. The average Bonchev–Trinajstić information content (AvgIpc) is 3.01. The minimum absolute atomic E-state index is 0.208. The minimum atomic E-state index is -4.73. The molecule has 24 heavy (non-hydrogen) atoms. The van der Waals surface area contributed by atoms with Crippen LogP contribution in [0.2, 0.25) is 0 Å². The molecule has 1 aromatic carbocycles. The molecule has 1 amide bonds. The highest BCUT2D eigenvalue weighted by atomic mass is 19.4. The first kappa shape index (κ1) is 16.4.